The fourth-order valence-electron chi connectivity index (χ4n) is 3.00. The summed E-state index contributed by atoms with van der Waals surface area (Å²) >= 11 is 0. The monoisotopic (exact) mass is 253 g/mol. The van der Waals surface area contributed by atoms with Gasteiger partial charge in [0.2, 0.25) is 0 Å². The van der Waals surface area contributed by atoms with Crippen LogP contribution < -0.4 is 5.73 Å². The second-order valence-electron chi connectivity index (χ2n) is 6.49. The van der Waals surface area contributed by atoms with E-state index in [1.54, 1.807) is 0 Å². The molecule has 1 atom stereocenters. The minimum absolute atomic E-state index is 0.0640. The molecule has 2 heteroatoms. The Kier molecular flexibility index (Phi) is 5.87. The fourth-order valence-corrected chi connectivity index (χ4v) is 3.00. The Morgan fingerprint density at radius 2 is 1.89 bits per heavy atom. The lowest BCUT2D eigenvalue weighted by Gasteiger charge is -2.46. The van der Waals surface area contributed by atoms with Crippen LogP contribution in [-0.4, -0.2) is 18.2 Å². The van der Waals surface area contributed by atoms with E-state index in [4.69, 9.17) is 10.5 Å². The van der Waals surface area contributed by atoms with E-state index < -0.39 is 0 Å². The van der Waals surface area contributed by atoms with E-state index in [0.717, 1.165) is 38.7 Å². The van der Waals surface area contributed by atoms with Gasteiger partial charge in [0.1, 0.15) is 0 Å². The summed E-state index contributed by atoms with van der Waals surface area (Å²) in [5.74, 6) is 0. The maximum atomic E-state index is 6.44. The second-order valence-corrected chi connectivity index (χ2v) is 6.49. The Labute approximate surface area is 113 Å². The largest absolute Gasteiger partial charge is 0.374 e. The van der Waals surface area contributed by atoms with E-state index in [0.29, 0.717) is 5.41 Å². The Morgan fingerprint density at radius 1 is 1.28 bits per heavy atom. The summed E-state index contributed by atoms with van der Waals surface area (Å²) in [6.07, 6.45) is 9.89. The van der Waals surface area contributed by atoms with Gasteiger partial charge in [0.25, 0.3) is 0 Å². The lowest BCUT2D eigenvalue weighted by atomic mass is 9.68. The first kappa shape index (κ1) is 15.7. The van der Waals surface area contributed by atoms with Crippen LogP contribution in [0.3, 0.4) is 0 Å². The molecule has 1 aliphatic carbocycles. The van der Waals surface area contributed by atoms with Crippen LogP contribution >= 0.6 is 0 Å². The molecule has 0 radical (unpaired) electrons. The average Bonchev–Trinajstić information content (AvgIpc) is 2.33. The molecule has 0 aromatic heterocycles. The summed E-state index contributed by atoms with van der Waals surface area (Å²) in [4.78, 5) is 0. The molecule has 2 N–H and O–H groups in total. The first-order valence-electron chi connectivity index (χ1n) is 7.46. The topological polar surface area (TPSA) is 35.2 Å². The molecule has 1 saturated carbocycles. The van der Waals surface area contributed by atoms with Gasteiger partial charge in [0.15, 0.2) is 0 Å². The molecule has 1 fully saturated rings. The van der Waals surface area contributed by atoms with Crippen LogP contribution in [0.1, 0.15) is 65.7 Å². The van der Waals surface area contributed by atoms with Crippen LogP contribution in [-0.2, 0) is 4.74 Å². The van der Waals surface area contributed by atoms with Gasteiger partial charge in [0, 0.05) is 12.6 Å². The van der Waals surface area contributed by atoms with Crippen LogP contribution in [0.15, 0.2) is 12.7 Å². The molecule has 0 aromatic rings. The van der Waals surface area contributed by atoms with Crippen molar-refractivity contribution in [1.82, 2.24) is 0 Å². The molecular formula is C16H31NO. The second kappa shape index (κ2) is 6.72. The molecule has 1 aliphatic rings. The van der Waals surface area contributed by atoms with Gasteiger partial charge in [-0.25, -0.2) is 0 Å². The van der Waals surface area contributed by atoms with Crippen LogP contribution in [0.5, 0.6) is 0 Å². The van der Waals surface area contributed by atoms with Crippen molar-refractivity contribution in [2.45, 2.75) is 77.4 Å². The maximum Gasteiger partial charge on any atom is 0.0832 e. The van der Waals surface area contributed by atoms with Crippen molar-refractivity contribution >= 4 is 0 Å². The number of rotatable bonds is 7. The molecule has 18 heavy (non-hydrogen) atoms. The average molecular weight is 253 g/mol. The predicted octanol–water partition coefficient (Wildman–Crippen LogP) is 4.05. The molecule has 1 rings (SSSR count). The van der Waals surface area contributed by atoms with Gasteiger partial charge in [-0.1, -0.05) is 19.9 Å². The number of nitrogens with two attached hydrogens (primary N) is 1. The Balaban J connectivity index is 2.60. The molecule has 0 aliphatic heterocycles. The Morgan fingerprint density at radius 3 is 2.39 bits per heavy atom. The molecule has 0 saturated heterocycles. The number of allylic oxidation sites excluding steroid dienone is 1. The molecule has 106 valence electrons. The maximum absolute atomic E-state index is 6.44. The van der Waals surface area contributed by atoms with E-state index in [-0.39, 0.29) is 11.6 Å². The predicted molar refractivity (Wildman–Crippen MR) is 78.6 cm³/mol. The zero-order chi connectivity index (χ0) is 13.6. The van der Waals surface area contributed by atoms with Crippen molar-refractivity contribution in [1.29, 1.82) is 0 Å². The minimum atomic E-state index is -0.0640. The van der Waals surface area contributed by atoms with Crippen molar-refractivity contribution in [3.8, 4) is 0 Å². The van der Waals surface area contributed by atoms with Crippen LogP contribution in [0, 0.1) is 5.41 Å². The first-order chi connectivity index (χ1) is 8.46. The van der Waals surface area contributed by atoms with Crippen LogP contribution in [0.4, 0.5) is 0 Å². The lowest BCUT2D eigenvalue weighted by Crippen LogP contribution is -2.53. The van der Waals surface area contributed by atoms with Crippen LogP contribution in [0.2, 0.25) is 0 Å². The van der Waals surface area contributed by atoms with Crippen molar-refractivity contribution in [3.05, 3.63) is 12.7 Å². The summed E-state index contributed by atoms with van der Waals surface area (Å²) in [6, 6.07) is 0.175. The zero-order valence-corrected chi connectivity index (χ0v) is 12.5. The molecule has 2 nitrogen and oxygen atoms in total. The summed E-state index contributed by atoms with van der Waals surface area (Å²) < 4.78 is 6.11. The van der Waals surface area contributed by atoms with E-state index in [1.165, 1.54) is 12.8 Å². The quantitative estimate of drug-likeness (QED) is 0.549. The first-order valence-corrected chi connectivity index (χ1v) is 7.46. The Hall–Kier alpha value is -0.340. The third kappa shape index (κ3) is 4.10. The summed E-state index contributed by atoms with van der Waals surface area (Å²) in [7, 11) is 0. The minimum Gasteiger partial charge on any atom is -0.374 e. The van der Waals surface area contributed by atoms with Gasteiger partial charge in [-0.2, -0.15) is 0 Å². The van der Waals surface area contributed by atoms with Crippen molar-refractivity contribution in [3.63, 3.8) is 0 Å². The molecule has 0 heterocycles. The van der Waals surface area contributed by atoms with Gasteiger partial charge < -0.3 is 10.5 Å². The SMILES string of the molecule is C=CCCCC(N)C1(OCC)CCC(C)(C)CC1. The van der Waals surface area contributed by atoms with Crippen molar-refractivity contribution in [2.75, 3.05) is 6.61 Å². The molecule has 0 spiro atoms. The highest BCUT2D eigenvalue weighted by molar-refractivity contribution is 4.97. The highest BCUT2D eigenvalue weighted by Crippen LogP contribution is 2.43. The highest BCUT2D eigenvalue weighted by Gasteiger charge is 2.42. The zero-order valence-electron chi connectivity index (χ0n) is 12.5. The van der Waals surface area contributed by atoms with Gasteiger partial charge in [-0.15, -0.1) is 6.58 Å². The van der Waals surface area contributed by atoms with E-state index in [2.05, 4.69) is 27.4 Å². The normalized spacial score (nSPS) is 23.6. The number of ether oxygens (including phenoxy) is 1. The molecule has 1 unspecified atom stereocenters. The molecule has 0 bridgehead atoms. The Bertz CT molecular complexity index is 250. The van der Waals surface area contributed by atoms with E-state index in [1.807, 2.05) is 6.08 Å². The van der Waals surface area contributed by atoms with Gasteiger partial charge >= 0.3 is 0 Å². The summed E-state index contributed by atoms with van der Waals surface area (Å²) in [5, 5.41) is 0. The van der Waals surface area contributed by atoms with Gasteiger partial charge in [-0.05, 0) is 57.3 Å². The standard InChI is InChI=1S/C16H31NO/c1-5-7-8-9-14(17)16(18-6-2)12-10-15(3,4)11-13-16/h5,14H,1,6-13,17H2,2-4H3. The van der Waals surface area contributed by atoms with Gasteiger partial charge in [-0.3, -0.25) is 0 Å². The molecule has 0 aromatic carbocycles. The van der Waals surface area contributed by atoms with E-state index >= 15 is 0 Å². The van der Waals surface area contributed by atoms with E-state index in [9.17, 15) is 0 Å². The lowest BCUT2D eigenvalue weighted by molar-refractivity contribution is -0.100. The number of unbranched alkanes of at least 4 members (excludes halogenated alkanes) is 1. The third-order valence-electron chi connectivity index (χ3n) is 4.48. The van der Waals surface area contributed by atoms with Crippen molar-refractivity contribution in [2.24, 2.45) is 11.1 Å². The summed E-state index contributed by atoms with van der Waals surface area (Å²) in [5.41, 5.74) is 6.84. The third-order valence-corrected chi connectivity index (χ3v) is 4.48. The molecular weight excluding hydrogens is 222 g/mol. The van der Waals surface area contributed by atoms with Gasteiger partial charge in [0.05, 0.1) is 5.60 Å². The number of hydrogen-bond acceptors (Lipinski definition) is 2. The fraction of sp³-hybridized carbons (Fsp3) is 0.875. The number of hydrogen-bond donors (Lipinski definition) is 1. The molecule has 0 amide bonds. The highest BCUT2D eigenvalue weighted by atomic mass is 16.5. The van der Waals surface area contributed by atoms with Crippen LogP contribution in [0.25, 0.3) is 0 Å². The smallest absolute Gasteiger partial charge is 0.0832 e. The van der Waals surface area contributed by atoms with Crippen molar-refractivity contribution < 1.29 is 4.74 Å². The summed E-state index contributed by atoms with van der Waals surface area (Å²) in [6.45, 7) is 11.3.